The smallest absolute Gasteiger partial charge is 0.0904 e. The van der Waals surface area contributed by atoms with Crippen LogP contribution in [0.1, 0.15) is 43.5 Å². The molecular weight excluding hydrogens is 268 g/mol. The molecule has 0 aromatic carbocycles. The van der Waals surface area contributed by atoms with Crippen molar-refractivity contribution in [3.63, 3.8) is 0 Å². The zero-order valence-corrected chi connectivity index (χ0v) is 14.2. The summed E-state index contributed by atoms with van der Waals surface area (Å²) in [7, 11) is 2.21. The van der Waals surface area contributed by atoms with Gasteiger partial charge in [0.1, 0.15) is 0 Å². The maximum absolute atomic E-state index is 6.01. The third-order valence-corrected chi connectivity index (χ3v) is 5.44. The SMILES string of the molecule is CCNCC1OCCN(C)C1c1ccc(C(C)(C)C)s1. The molecule has 114 valence electrons. The Morgan fingerprint density at radius 2 is 2.15 bits per heavy atom. The minimum Gasteiger partial charge on any atom is -0.374 e. The van der Waals surface area contributed by atoms with Crippen molar-refractivity contribution in [1.29, 1.82) is 0 Å². The molecule has 1 aliphatic heterocycles. The summed E-state index contributed by atoms with van der Waals surface area (Å²) in [6.45, 7) is 12.7. The second kappa shape index (κ2) is 6.56. The summed E-state index contributed by atoms with van der Waals surface area (Å²) < 4.78 is 6.01. The fourth-order valence-electron chi connectivity index (χ4n) is 2.63. The molecule has 3 nitrogen and oxygen atoms in total. The first-order valence-corrected chi connectivity index (χ1v) is 8.38. The Balaban J connectivity index is 2.19. The molecule has 1 N–H and O–H groups in total. The molecule has 1 fully saturated rings. The fraction of sp³-hybridized carbons (Fsp3) is 0.750. The maximum atomic E-state index is 6.01. The third kappa shape index (κ3) is 3.61. The Bertz CT molecular complexity index is 424. The first-order chi connectivity index (χ1) is 9.43. The minimum absolute atomic E-state index is 0.230. The predicted molar refractivity (Wildman–Crippen MR) is 86.7 cm³/mol. The Hall–Kier alpha value is -0.420. The number of thiophene rings is 1. The summed E-state index contributed by atoms with van der Waals surface area (Å²) in [4.78, 5) is 5.32. The van der Waals surface area contributed by atoms with Crippen molar-refractivity contribution in [2.45, 2.75) is 45.3 Å². The summed E-state index contributed by atoms with van der Waals surface area (Å²) in [6, 6.07) is 4.95. The molecule has 1 aliphatic rings. The number of nitrogens with one attached hydrogen (secondary N) is 1. The summed E-state index contributed by atoms with van der Waals surface area (Å²) in [6.07, 6.45) is 0.250. The Morgan fingerprint density at radius 1 is 1.40 bits per heavy atom. The van der Waals surface area contributed by atoms with E-state index in [4.69, 9.17) is 4.74 Å². The average Bonchev–Trinajstić information content (AvgIpc) is 2.85. The van der Waals surface area contributed by atoms with Crippen molar-refractivity contribution in [1.82, 2.24) is 10.2 Å². The van der Waals surface area contributed by atoms with Crippen LogP contribution in [0, 0.1) is 0 Å². The summed E-state index contributed by atoms with van der Waals surface area (Å²) in [5, 5.41) is 3.43. The molecule has 2 unspecified atom stereocenters. The van der Waals surface area contributed by atoms with Gasteiger partial charge in [-0.2, -0.15) is 0 Å². The largest absolute Gasteiger partial charge is 0.374 e. The lowest BCUT2D eigenvalue weighted by Gasteiger charge is -2.38. The van der Waals surface area contributed by atoms with Gasteiger partial charge in [-0.15, -0.1) is 11.3 Å². The van der Waals surface area contributed by atoms with Gasteiger partial charge >= 0.3 is 0 Å². The van der Waals surface area contributed by atoms with Gasteiger partial charge in [0.05, 0.1) is 18.8 Å². The zero-order chi connectivity index (χ0) is 14.8. The highest BCUT2D eigenvalue weighted by atomic mass is 32.1. The van der Waals surface area contributed by atoms with E-state index >= 15 is 0 Å². The minimum atomic E-state index is 0.230. The quantitative estimate of drug-likeness (QED) is 0.924. The number of hydrogen-bond acceptors (Lipinski definition) is 4. The molecule has 0 amide bonds. The Morgan fingerprint density at radius 3 is 2.75 bits per heavy atom. The number of hydrogen-bond donors (Lipinski definition) is 1. The van der Waals surface area contributed by atoms with E-state index in [1.54, 1.807) is 0 Å². The van der Waals surface area contributed by atoms with E-state index in [1.165, 1.54) is 9.75 Å². The molecular formula is C16H28N2OS. The normalized spacial score (nSPS) is 25.1. The van der Waals surface area contributed by atoms with Gasteiger partial charge in [-0.3, -0.25) is 4.90 Å². The van der Waals surface area contributed by atoms with E-state index in [9.17, 15) is 0 Å². The van der Waals surface area contributed by atoms with Crippen LogP contribution in [0.3, 0.4) is 0 Å². The maximum Gasteiger partial charge on any atom is 0.0904 e. The molecule has 0 saturated carbocycles. The van der Waals surface area contributed by atoms with Gasteiger partial charge < -0.3 is 10.1 Å². The average molecular weight is 296 g/mol. The highest BCUT2D eigenvalue weighted by molar-refractivity contribution is 7.12. The summed E-state index contributed by atoms with van der Waals surface area (Å²) in [5.74, 6) is 0. The first-order valence-electron chi connectivity index (χ1n) is 7.56. The molecule has 1 aromatic heterocycles. The van der Waals surface area contributed by atoms with Gasteiger partial charge in [-0.1, -0.05) is 27.7 Å². The fourth-order valence-corrected chi connectivity index (χ4v) is 3.92. The van der Waals surface area contributed by atoms with Gasteiger partial charge in [0.15, 0.2) is 0 Å². The van der Waals surface area contributed by atoms with Crippen molar-refractivity contribution in [3.05, 3.63) is 21.9 Å². The molecule has 0 spiro atoms. The second-order valence-electron chi connectivity index (χ2n) is 6.59. The van der Waals surface area contributed by atoms with E-state index in [1.807, 2.05) is 11.3 Å². The predicted octanol–water partition coefficient (Wildman–Crippen LogP) is 3.03. The monoisotopic (exact) mass is 296 g/mol. The highest BCUT2D eigenvalue weighted by Gasteiger charge is 2.32. The van der Waals surface area contributed by atoms with Gasteiger partial charge in [0.25, 0.3) is 0 Å². The van der Waals surface area contributed by atoms with Crippen molar-refractivity contribution >= 4 is 11.3 Å². The van der Waals surface area contributed by atoms with E-state index in [0.29, 0.717) is 6.04 Å². The third-order valence-electron chi connectivity index (χ3n) is 3.86. The molecule has 1 aromatic rings. The van der Waals surface area contributed by atoms with Crippen LogP contribution in [0.25, 0.3) is 0 Å². The standard InChI is InChI=1S/C16H28N2OS/c1-6-17-11-12-15(18(5)9-10-19-12)13-7-8-14(20-13)16(2,3)4/h7-8,12,15,17H,6,9-11H2,1-5H3. The first kappa shape index (κ1) is 16.0. The van der Waals surface area contributed by atoms with Gasteiger partial charge in [0.2, 0.25) is 0 Å². The molecule has 0 aliphatic carbocycles. The molecule has 20 heavy (non-hydrogen) atoms. The van der Waals surface area contributed by atoms with E-state index < -0.39 is 0 Å². The van der Waals surface area contributed by atoms with Crippen LogP contribution in [-0.2, 0) is 10.2 Å². The molecule has 0 bridgehead atoms. The van der Waals surface area contributed by atoms with Crippen LogP contribution < -0.4 is 5.32 Å². The van der Waals surface area contributed by atoms with Crippen LogP contribution >= 0.6 is 11.3 Å². The number of likely N-dealkylation sites (N-methyl/N-ethyl adjacent to an activating group) is 2. The van der Waals surface area contributed by atoms with Crippen LogP contribution in [0.4, 0.5) is 0 Å². The number of morpholine rings is 1. The highest BCUT2D eigenvalue weighted by Crippen LogP contribution is 2.37. The Labute approximate surface area is 127 Å². The lowest BCUT2D eigenvalue weighted by molar-refractivity contribution is -0.0600. The van der Waals surface area contributed by atoms with Crippen molar-refractivity contribution in [3.8, 4) is 0 Å². The lowest BCUT2D eigenvalue weighted by atomic mass is 9.95. The topological polar surface area (TPSA) is 24.5 Å². The number of rotatable bonds is 4. The van der Waals surface area contributed by atoms with E-state index in [0.717, 1.165) is 26.2 Å². The molecule has 1 saturated heterocycles. The summed E-state index contributed by atoms with van der Waals surface area (Å²) >= 11 is 1.94. The zero-order valence-electron chi connectivity index (χ0n) is 13.4. The van der Waals surface area contributed by atoms with Gasteiger partial charge in [-0.25, -0.2) is 0 Å². The second-order valence-corrected chi connectivity index (χ2v) is 7.71. The van der Waals surface area contributed by atoms with Crippen LogP contribution in [0.5, 0.6) is 0 Å². The van der Waals surface area contributed by atoms with Crippen molar-refractivity contribution in [2.75, 3.05) is 33.3 Å². The lowest BCUT2D eigenvalue weighted by Crippen LogP contribution is -2.47. The van der Waals surface area contributed by atoms with Crippen LogP contribution in [0.2, 0.25) is 0 Å². The van der Waals surface area contributed by atoms with Crippen molar-refractivity contribution in [2.24, 2.45) is 0 Å². The van der Waals surface area contributed by atoms with E-state index in [-0.39, 0.29) is 11.5 Å². The molecule has 2 rings (SSSR count). The Kier molecular flexibility index (Phi) is 5.24. The number of nitrogens with zero attached hydrogens (tertiary/aromatic N) is 1. The molecule has 2 heterocycles. The number of ether oxygens (including phenoxy) is 1. The molecule has 0 radical (unpaired) electrons. The van der Waals surface area contributed by atoms with Gasteiger partial charge in [0, 0.05) is 22.8 Å². The van der Waals surface area contributed by atoms with Gasteiger partial charge in [-0.05, 0) is 31.1 Å². The van der Waals surface area contributed by atoms with Crippen molar-refractivity contribution < 1.29 is 4.74 Å². The van der Waals surface area contributed by atoms with Crippen LogP contribution in [0.15, 0.2) is 12.1 Å². The van der Waals surface area contributed by atoms with Crippen LogP contribution in [-0.4, -0.2) is 44.3 Å². The van der Waals surface area contributed by atoms with E-state index in [2.05, 4.69) is 57.1 Å². The molecule has 4 heteroatoms. The molecule has 2 atom stereocenters. The summed E-state index contributed by atoms with van der Waals surface area (Å²) in [5.41, 5.74) is 0.230.